The number of carbonyl (C=O) groups excluding carboxylic acids is 1. The number of carbonyl (C=O) groups is 1. The van der Waals surface area contributed by atoms with Crippen molar-refractivity contribution in [3.63, 3.8) is 0 Å². The van der Waals surface area contributed by atoms with E-state index in [1.54, 1.807) is 7.11 Å². The monoisotopic (exact) mass is 218 g/mol. The van der Waals surface area contributed by atoms with Gasteiger partial charge < -0.3 is 9.47 Å². The van der Waals surface area contributed by atoms with E-state index in [4.69, 9.17) is 9.47 Å². The first-order chi connectivity index (χ1) is 7.81. The summed E-state index contributed by atoms with van der Waals surface area (Å²) in [5.74, 6) is 2.14. The molecule has 0 bridgehead atoms. The molecule has 0 saturated carbocycles. The molecular formula is C13H14O3. The van der Waals surface area contributed by atoms with E-state index in [-0.39, 0.29) is 5.78 Å². The summed E-state index contributed by atoms with van der Waals surface area (Å²) in [4.78, 5) is 12.1. The van der Waals surface area contributed by atoms with Crippen molar-refractivity contribution < 1.29 is 14.3 Å². The molecule has 0 amide bonds. The summed E-state index contributed by atoms with van der Waals surface area (Å²) in [6.07, 6.45) is 2.62. The maximum atomic E-state index is 12.1. The minimum atomic E-state index is 0.196. The van der Waals surface area contributed by atoms with Gasteiger partial charge in [0.2, 0.25) is 0 Å². The number of Topliss-reactive ketones (excluding diaryl/α,β-unsaturated/α-hetero) is 1. The minimum absolute atomic E-state index is 0.196. The van der Waals surface area contributed by atoms with Gasteiger partial charge in [0.25, 0.3) is 0 Å². The number of ketones is 1. The molecule has 1 heterocycles. The fourth-order valence-electron chi connectivity index (χ4n) is 2.70. The third-order valence-corrected chi connectivity index (χ3v) is 3.47. The Morgan fingerprint density at radius 3 is 3.12 bits per heavy atom. The highest BCUT2D eigenvalue weighted by atomic mass is 16.5. The van der Waals surface area contributed by atoms with Crippen molar-refractivity contribution in [2.24, 2.45) is 0 Å². The molecule has 0 aromatic heterocycles. The Morgan fingerprint density at radius 2 is 2.31 bits per heavy atom. The number of hydrogen-bond donors (Lipinski definition) is 0. The third kappa shape index (κ3) is 1.24. The lowest BCUT2D eigenvalue weighted by Gasteiger charge is -2.11. The van der Waals surface area contributed by atoms with Crippen LogP contribution in [-0.4, -0.2) is 19.5 Å². The van der Waals surface area contributed by atoms with Crippen LogP contribution >= 0.6 is 0 Å². The molecule has 0 unspecified atom stereocenters. The molecule has 2 aliphatic rings. The van der Waals surface area contributed by atoms with Gasteiger partial charge in [-0.3, -0.25) is 4.79 Å². The molecule has 16 heavy (non-hydrogen) atoms. The van der Waals surface area contributed by atoms with E-state index in [2.05, 4.69) is 0 Å². The highest BCUT2D eigenvalue weighted by Crippen LogP contribution is 2.45. The molecule has 1 aromatic carbocycles. The summed E-state index contributed by atoms with van der Waals surface area (Å²) in [5.41, 5.74) is 1.85. The largest absolute Gasteiger partial charge is 0.496 e. The van der Waals surface area contributed by atoms with Gasteiger partial charge in [0.05, 0.1) is 19.3 Å². The topological polar surface area (TPSA) is 35.5 Å². The molecule has 1 aliphatic carbocycles. The van der Waals surface area contributed by atoms with Gasteiger partial charge >= 0.3 is 0 Å². The van der Waals surface area contributed by atoms with Gasteiger partial charge in [0.15, 0.2) is 5.78 Å². The van der Waals surface area contributed by atoms with E-state index in [1.807, 2.05) is 12.1 Å². The molecule has 3 nitrogen and oxygen atoms in total. The van der Waals surface area contributed by atoms with Crippen LogP contribution in [0.15, 0.2) is 12.1 Å². The molecule has 0 radical (unpaired) electrons. The first kappa shape index (κ1) is 9.70. The van der Waals surface area contributed by atoms with Crippen molar-refractivity contribution in [2.75, 3.05) is 13.7 Å². The first-order valence-corrected chi connectivity index (χ1v) is 5.68. The second kappa shape index (κ2) is 3.51. The second-order valence-electron chi connectivity index (χ2n) is 4.38. The Kier molecular flexibility index (Phi) is 2.13. The van der Waals surface area contributed by atoms with Gasteiger partial charge in [-0.1, -0.05) is 0 Å². The Labute approximate surface area is 94.4 Å². The lowest BCUT2D eigenvalue weighted by molar-refractivity contribution is 0.0978. The highest BCUT2D eigenvalue weighted by molar-refractivity contribution is 6.01. The molecular weight excluding hydrogens is 204 g/mol. The summed E-state index contributed by atoms with van der Waals surface area (Å²) in [5, 5.41) is 0. The molecule has 0 spiro atoms. The number of methoxy groups -OCH3 is 1. The molecule has 84 valence electrons. The van der Waals surface area contributed by atoms with Crippen molar-refractivity contribution in [1.82, 2.24) is 0 Å². The van der Waals surface area contributed by atoms with E-state index >= 15 is 0 Å². The predicted molar refractivity (Wildman–Crippen MR) is 59.4 cm³/mol. The number of hydrogen-bond acceptors (Lipinski definition) is 3. The fourth-order valence-corrected chi connectivity index (χ4v) is 2.70. The lowest BCUT2D eigenvalue weighted by Crippen LogP contribution is -2.04. The molecule has 0 fully saturated rings. The fraction of sp³-hybridized carbons (Fsp3) is 0.462. The van der Waals surface area contributed by atoms with E-state index in [9.17, 15) is 4.79 Å². The van der Waals surface area contributed by atoms with Crippen molar-refractivity contribution in [1.29, 1.82) is 0 Å². The van der Waals surface area contributed by atoms with Gasteiger partial charge in [0, 0.05) is 17.9 Å². The van der Waals surface area contributed by atoms with Crippen LogP contribution in [-0.2, 0) is 0 Å². The average molecular weight is 218 g/mol. The van der Waals surface area contributed by atoms with Gasteiger partial charge in [-0.05, 0) is 25.0 Å². The average Bonchev–Trinajstić information content (AvgIpc) is 2.63. The predicted octanol–water partition coefficient (Wildman–Crippen LogP) is 2.54. The first-order valence-electron chi connectivity index (χ1n) is 5.68. The summed E-state index contributed by atoms with van der Waals surface area (Å²) in [6, 6.07) is 3.75. The molecule has 3 rings (SSSR count). The van der Waals surface area contributed by atoms with E-state index in [0.29, 0.717) is 24.7 Å². The third-order valence-electron chi connectivity index (χ3n) is 3.47. The van der Waals surface area contributed by atoms with Crippen LogP contribution in [0.25, 0.3) is 0 Å². The normalized spacial score (nSPS) is 22.3. The zero-order chi connectivity index (χ0) is 11.1. The van der Waals surface area contributed by atoms with Gasteiger partial charge in [-0.15, -0.1) is 0 Å². The van der Waals surface area contributed by atoms with Crippen molar-refractivity contribution in [2.45, 2.75) is 25.2 Å². The van der Waals surface area contributed by atoms with Crippen molar-refractivity contribution >= 4 is 5.78 Å². The Hall–Kier alpha value is -1.51. The van der Waals surface area contributed by atoms with Crippen molar-refractivity contribution in [3.8, 4) is 11.5 Å². The molecule has 3 heteroatoms. The van der Waals surface area contributed by atoms with Gasteiger partial charge in [-0.2, -0.15) is 0 Å². The summed E-state index contributed by atoms with van der Waals surface area (Å²) < 4.78 is 10.9. The summed E-state index contributed by atoms with van der Waals surface area (Å²) in [7, 11) is 1.61. The quantitative estimate of drug-likeness (QED) is 0.726. The summed E-state index contributed by atoms with van der Waals surface area (Å²) >= 11 is 0. The molecule has 1 aliphatic heterocycles. The molecule has 0 N–H and O–H groups in total. The summed E-state index contributed by atoms with van der Waals surface area (Å²) in [6.45, 7) is 0.711. The Balaban J connectivity index is 2.25. The standard InChI is InChI=1S/C13H14O3/c1-15-10-5-6-11-12-8(7-16-11)3-2-4-9(14)13(10)12/h5-6,8H,2-4,7H2,1H3/t8-/m0/s1. The van der Waals surface area contributed by atoms with Crippen molar-refractivity contribution in [3.05, 3.63) is 23.3 Å². The number of ether oxygens (including phenoxy) is 2. The Morgan fingerprint density at radius 1 is 1.44 bits per heavy atom. The molecule has 0 saturated heterocycles. The zero-order valence-corrected chi connectivity index (χ0v) is 9.29. The van der Waals surface area contributed by atoms with Crippen LogP contribution < -0.4 is 9.47 Å². The number of rotatable bonds is 1. The van der Waals surface area contributed by atoms with Crippen LogP contribution in [0, 0.1) is 0 Å². The van der Waals surface area contributed by atoms with E-state index in [0.717, 1.165) is 29.7 Å². The van der Waals surface area contributed by atoms with Crippen LogP contribution in [0.1, 0.15) is 41.1 Å². The van der Waals surface area contributed by atoms with Crippen LogP contribution in [0.3, 0.4) is 0 Å². The van der Waals surface area contributed by atoms with Crippen LogP contribution in [0.4, 0.5) is 0 Å². The smallest absolute Gasteiger partial charge is 0.167 e. The minimum Gasteiger partial charge on any atom is -0.496 e. The SMILES string of the molecule is COc1ccc2c3c1C(=O)CCC[C@H]3CO2. The van der Waals surface area contributed by atoms with E-state index in [1.165, 1.54) is 0 Å². The highest BCUT2D eigenvalue weighted by Gasteiger charge is 2.33. The molecule has 1 atom stereocenters. The number of benzene rings is 1. The Bertz CT molecular complexity index is 451. The van der Waals surface area contributed by atoms with Gasteiger partial charge in [-0.25, -0.2) is 0 Å². The molecule has 1 aromatic rings. The van der Waals surface area contributed by atoms with E-state index < -0.39 is 0 Å². The van der Waals surface area contributed by atoms with Gasteiger partial charge in [0.1, 0.15) is 11.5 Å². The maximum absolute atomic E-state index is 12.1. The van der Waals surface area contributed by atoms with Crippen LogP contribution in [0.2, 0.25) is 0 Å². The van der Waals surface area contributed by atoms with Crippen LogP contribution in [0.5, 0.6) is 11.5 Å². The maximum Gasteiger partial charge on any atom is 0.167 e. The lowest BCUT2D eigenvalue weighted by atomic mass is 9.93. The second-order valence-corrected chi connectivity index (χ2v) is 4.38. The zero-order valence-electron chi connectivity index (χ0n) is 9.29.